The molecular weight excluding hydrogens is 282 g/mol. The molecule has 1 amide bonds. The molecule has 0 aliphatic carbocycles. The largest absolute Gasteiger partial charge is 0.444 e. The number of nitrogens with one attached hydrogen (secondary N) is 2. The third-order valence-electron chi connectivity index (χ3n) is 2.36. The minimum atomic E-state index is -3.19. The van der Waals surface area contributed by atoms with Crippen molar-refractivity contribution in [2.24, 2.45) is 0 Å². The number of ether oxygens (including phenoxy) is 1. The predicted octanol–water partition coefficient (Wildman–Crippen LogP) is 0.381. The molecule has 2 N–H and O–H groups in total. The summed E-state index contributed by atoms with van der Waals surface area (Å²) >= 11 is 0. The fourth-order valence-electron chi connectivity index (χ4n) is 1.24. The first kappa shape index (κ1) is 19.1. The van der Waals surface area contributed by atoms with Crippen LogP contribution < -0.4 is 10.6 Å². The van der Waals surface area contributed by atoms with E-state index in [0.29, 0.717) is 13.1 Å². The van der Waals surface area contributed by atoms with Crippen LogP contribution in [0.5, 0.6) is 0 Å². The second-order valence-electron chi connectivity index (χ2n) is 5.84. The Labute approximate surface area is 122 Å². The standard InChI is InChI=1S/C12H27N3O4S/c1-10(9-14-11(16)19-12(2,3)4)13-7-8-20(17,18)15(5)6/h10,13H,7-9H2,1-6H3,(H,14,16). The molecule has 1 unspecified atom stereocenters. The summed E-state index contributed by atoms with van der Waals surface area (Å²) in [6.07, 6.45) is -0.480. The smallest absolute Gasteiger partial charge is 0.407 e. The van der Waals surface area contributed by atoms with Gasteiger partial charge in [0.05, 0.1) is 5.75 Å². The zero-order chi connectivity index (χ0) is 16.0. The van der Waals surface area contributed by atoms with Gasteiger partial charge in [-0.2, -0.15) is 0 Å². The highest BCUT2D eigenvalue weighted by molar-refractivity contribution is 7.89. The Morgan fingerprint density at radius 2 is 1.85 bits per heavy atom. The van der Waals surface area contributed by atoms with Crippen LogP contribution in [0.15, 0.2) is 0 Å². The first-order valence-electron chi connectivity index (χ1n) is 6.54. The average Bonchev–Trinajstić information content (AvgIpc) is 2.23. The van der Waals surface area contributed by atoms with Crippen molar-refractivity contribution in [2.75, 3.05) is 32.9 Å². The highest BCUT2D eigenvalue weighted by Gasteiger charge is 2.17. The topological polar surface area (TPSA) is 87.7 Å². The van der Waals surface area contributed by atoms with Crippen molar-refractivity contribution in [3.63, 3.8) is 0 Å². The van der Waals surface area contributed by atoms with E-state index in [2.05, 4.69) is 10.6 Å². The molecule has 8 heteroatoms. The van der Waals surface area contributed by atoms with E-state index in [9.17, 15) is 13.2 Å². The number of alkyl carbamates (subject to hydrolysis) is 1. The first-order chi connectivity index (χ1) is 8.94. The van der Waals surface area contributed by atoms with Crippen LogP contribution in [-0.4, -0.2) is 63.4 Å². The molecule has 1 atom stereocenters. The molecule has 0 bridgehead atoms. The number of amides is 1. The van der Waals surface area contributed by atoms with Crippen molar-refractivity contribution in [1.29, 1.82) is 0 Å². The van der Waals surface area contributed by atoms with E-state index >= 15 is 0 Å². The molecule has 120 valence electrons. The maximum Gasteiger partial charge on any atom is 0.407 e. The van der Waals surface area contributed by atoms with Crippen LogP contribution in [0.25, 0.3) is 0 Å². The molecule has 0 radical (unpaired) electrons. The summed E-state index contributed by atoms with van der Waals surface area (Å²) in [6.45, 7) is 7.94. The molecule has 0 spiro atoms. The quantitative estimate of drug-likeness (QED) is 0.710. The molecule has 0 aromatic heterocycles. The van der Waals surface area contributed by atoms with Gasteiger partial charge >= 0.3 is 6.09 Å². The van der Waals surface area contributed by atoms with Gasteiger partial charge in [0.25, 0.3) is 0 Å². The summed E-state index contributed by atoms with van der Waals surface area (Å²) in [5.74, 6) is 0.0246. The number of carbonyl (C=O) groups excluding carboxylic acids is 1. The number of nitrogens with zero attached hydrogens (tertiary/aromatic N) is 1. The summed E-state index contributed by atoms with van der Waals surface area (Å²) in [4.78, 5) is 11.4. The zero-order valence-electron chi connectivity index (χ0n) is 13.2. The van der Waals surface area contributed by atoms with E-state index in [1.165, 1.54) is 18.4 Å². The molecule has 20 heavy (non-hydrogen) atoms. The fourth-order valence-corrected chi connectivity index (χ4v) is 1.98. The van der Waals surface area contributed by atoms with Crippen LogP contribution >= 0.6 is 0 Å². The van der Waals surface area contributed by atoms with Crippen molar-refractivity contribution in [3.05, 3.63) is 0 Å². The number of hydrogen-bond acceptors (Lipinski definition) is 5. The SMILES string of the molecule is CC(CNC(=O)OC(C)(C)C)NCCS(=O)(=O)N(C)C. The minimum Gasteiger partial charge on any atom is -0.444 e. The highest BCUT2D eigenvalue weighted by atomic mass is 32.2. The van der Waals surface area contributed by atoms with Crippen molar-refractivity contribution in [3.8, 4) is 0 Å². The van der Waals surface area contributed by atoms with E-state index in [4.69, 9.17) is 4.74 Å². The van der Waals surface area contributed by atoms with E-state index in [-0.39, 0.29) is 11.8 Å². The van der Waals surface area contributed by atoms with Gasteiger partial charge < -0.3 is 15.4 Å². The van der Waals surface area contributed by atoms with Crippen LogP contribution in [0.4, 0.5) is 4.79 Å². The van der Waals surface area contributed by atoms with Crippen LogP contribution in [-0.2, 0) is 14.8 Å². The molecule has 7 nitrogen and oxygen atoms in total. The van der Waals surface area contributed by atoms with E-state index < -0.39 is 21.7 Å². The lowest BCUT2D eigenvalue weighted by Crippen LogP contribution is -2.43. The van der Waals surface area contributed by atoms with Gasteiger partial charge in [0.2, 0.25) is 10.0 Å². The van der Waals surface area contributed by atoms with E-state index in [1.807, 2.05) is 6.92 Å². The Bertz CT molecular complexity index is 401. The minimum absolute atomic E-state index is 0.0246. The van der Waals surface area contributed by atoms with Crippen molar-refractivity contribution >= 4 is 16.1 Å². The van der Waals surface area contributed by atoms with Crippen molar-refractivity contribution < 1.29 is 17.9 Å². The highest BCUT2D eigenvalue weighted by Crippen LogP contribution is 2.06. The Hall–Kier alpha value is -0.860. The molecular formula is C12H27N3O4S. The molecule has 0 aromatic carbocycles. The van der Waals surface area contributed by atoms with Crippen molar-refractivity contribution in [2.45, 2.75) is 39.3 Å². The molecule has 0 heterocycles. The third-order valence-corrected chi connectivity index (χ3v) is 4.19. The van der Waals surface area contributed by atoms with Gasteiger partial charge in [0, 0.05) is 33.2 Å². The number of rotatable bonds is 7. The van der Waals surface area contributed by atoms with Crippen molar-refractivity contribution in [1.82, 2.24) is 14.9 Å². The van der Waals surface area contributed by atoms with Gasteiger partial charge in [0.15, 0.2) is 0 Å². The fraction of sp³-hybridized carbons (Fsp3) is 0.917. The number of carbonyl (C=O) groups is 1. The molecule has 0 fully saturated rings. The lowest BCUT2D eigenvalue weighted by atomic mass is 10.2. The summed E-state index contributed by atoms with van der Waals surface area (Å²) < 4.78 is 29.4. The normalized spacial score (nSPS) is 14.2. The first-order valence-corrected chi connectivity index (χ1v) is 8.15. The molecule has 0 saturated heterocycles. The Balaban J connectivity index is 3.91. The molecule has 0 aliphatic heterocycles. The predicted molar refractivity (Wildman–Crippen MR) is 79.2 cm³/mol. The van der Waals surface area contributed by atoms with Crippen LogP contribution in [0.3, 0.4) is 0 Å². The summed E-state index contributed by atoms with van der Waals surface area (Å²) in [5, 5.41) is 5.66. The molecule has 0 saturated carbocycles. The van der Waals surface area contributed by atoms with Gasteiger partial charge in [-0.1, -0.05) is 0 Å². The number of hydrogen-bond donors (Lipinski definition) is 2. The molecule has 0 aliphatic rings. The Morgan fingerprint density at radius 1 is 1.30 bits per heavy atom. The van der Waals surface area contributed by atoms with Gasteiger partial charge in [-0.05, 0) is 27.7 Å². The second-order valence-corrected chi connectivity index (χ2v) is 8.14. The molecule has 0 aromatic rings. The summed E-state index contributed by atoms with van der Waals surface area (Å²) in [7, 11) is -0.185. The van der Waals surface area contributed by atoms with Crippen LogP contribution in [0.1, 0.15) is 27.7 Å². The number of sulfonamides is 1. The van der Waals surface area contributed by atoms with E-state index in [0.717, 1.165) is 0 Å². The summed E-state index contributed by atoms with van der Waals surface area (Å²) in [5.41, 5.74) is -0.527. The zero-order valence-corrected chi connectivity index (χ0v) is 14.0. The van der Waals surface area contributed by atoms with Crippen LogP contribution in [0.2, 0.25) is 0 Å². The lowest BCUT2D eigenvalue weighted by molar-refractivity contribution is 0.0523. The maximum absolute atomic E-state index is 11.5. The average molecular weight is 309 g/mol. The maximum atomic E-state index is 11.5. The monoisotopic (exact) mass is 309 g/mol. The summed E-state index contributed by atoms with van der Waals surface area (Å²) in [6, 6.07) is -0.0418. The third kappa shape index (κ3) is 9.11. The lowest BCUT2D eigenvalue weighted by Gasteiger charge is -2.21. The van der Waals surface area contributed by atoms with Gasteiger partial charge in [-0.3, -0.25) is 0 Å². The van der Waals surface area contributed by atoms with Gasteiger partial charge in [-0.25, -0.2) is 17.5 Å². The van der Waals surface area contributed by atoms with Gasteiger partial charge in [-0.15, -0.1) is 0 Å². The Kier molecular flexibility index (Phi) is 7.46. The molecule has 0 rings (SSSR count). The van der Waals surface area contributed by atoms with Crippen LogP contribution in [0, 0.1) is 0 Å². The van der Waals surface area contributed by atoms with Gasteiger partial charge in [0.1, 0.15) is 5.60 Å². The van der Waals surface area contributed by atoms with E-state index in [1.54, 1.807) is 20.8 Å². The Morgan fingerprint density at radius 3 is 2.30 bits per heavy atom. The second kappa shape index (κ2) is 7.80.